The zero-order valence-electron chi connectivity index (χ0n) is 14.7. The Bertz CT molecular complexity index is 1050. The van der Waals surface area contributed by atoms with Gasteiger partial charge in [-0.05, 0) is 43.3 Å². The number of benzene rings is 3. The molecule has 7 nitrogen and oxygen atoms in total. The molecule has 0 heterocycles. The maximum atomic E-state index is 11.7. The van der Waals surface area contributed by atoms with Crippen LogP contribution >= 0.6 is 11.6 Å². The lowest BCUT2D eigenvalue weighted by molar-refractivity contribution is 0.0694. The summed E-state index contributed by atoms with van der Waals surface area (Å²) >= 11 is 5.80. The number of aromatic carboxylic acids is 1. The van der Waals surface area contributed by atoms with Gasteiger partial charge in [-0.1, -0.05) is 29.3 Å². The number of nitrogens with one attached hydrogen (secondary N) is 1. The van der Waals surface area contributed by atoms with Gasteiger partial charge in [0.1, 0.15) is 17.0 Å². The Balaban J connectivity index is 2.01. The summed E-state index contributed by atoms with van der Waals surface area (Å²) < 4.78 is 0. The van der Waals surface area contributed by atoms with Crippen molar-refractivity contribution in [2.75, 3.05) is 5.32 Å². The fraction of sp³-hybridized carbons (Fsp3) is 0.0500. The summed E-state index contributed by atoms with van der Waals surface area (Å²) in [6.07, 6.45) is 0. The van der Waals surface area contributed by atoms with Gasteiger partial charge >= 0.3 is 5.97 Å². The minimum absolute atomic E-state index is 0.0317. The number of phenols is 2. The number of carboxylic acid groups (broad SMARTS) is 1. The number of phenolic OH excluding ortho intramolecular Hbond substituents is 1. The second-order valence-electron chi connectivity index (χ2n) is 5.99. The van der Waals surface area contributed by atoms with Crippen molar-refractivity contribution in [1.29, 1.82) is 0 Å². The lowest BCUT2D eigenvalue weighted by Gasteiger charge is -2.13. The van der Waals surface area contributed by atoms with Crippen molar-refractivity contribution >= 4 is 40.3 Å². The molecule has 3 rings (SSSR count). The third-order valence-electron chi connectivity index (χ3n) is 3.89. The SMILES string of the molecule is Cc1ccc(Nc2cc(O)c(N=Nc3ccc(Cl)cc3)c(C(=O)O)c2O)cc1. The normalized spacial score (nSPS) is 10.9. The number of nitrogens with zero attached hydrogens (tertiary/aromatic N) is 2. The quantitative estimate of drug-likeness (QED) is 0.242. The first kappa shape index (κ1) is 19.2. The van der Waals surface area contributed by atoms with Crippen LogP contribution in [0.3, 0.4) is 0 Å². The average Bonchev–Trinajstić information content (AvgIpc) is 2.66. The topological polar surface area (TPSA) is 115 Å². The smallest absolute Gasteiger partial charge is 0.342 e. The predicted octanol–water partition coefficient (Wildman–Crippen LogP) is 5.92. The fourth-order valence-corrected chi connectivity index (χ4v) is 2.58. The summed E-state index contributed by atoms with van der Waals surface area (Å²) in [5.41, 5.74) is 1.18. The molecule has 0 spiro atoms. The zero-order chi connectivity index (χ0) is 20.3. The van der Waals surface area contributed by atoms with Crippen molar-refractivity contribution in [1.82, 2.24) is 0 Å². The molecule has 0 atom stereocenters. The maximum Gasteiger partial charge on any atom is 0.342 e. The highest BCUT2D eigenvalue weighted by molar-refractivity contribution is 6.30. The molecule has 0 radical (unpaired) electrons. The Morgan fingerprint density at radius 2 is 1.64 bits per heavy atom. The first-order valence-corrected chi connectivity index (χ1v) is 8.56. The van der Waals surface area contributed by atoms with Gasteiger partial charge in [-0.3, -0.25) is 0 Å². The van der Waals surface area contributed by atoms with Gasteiger partial charge in [0.2, 0.25) is 0 Å². The van der Waals surface area contributed by atoms with E-state index in [0.717, 1.165) is 5.56 Å². The Kier molecular flexibility index (Phi) is 5.47. The molecule has 28 heavy (non-hydrogen) atoms. The van der Waals surface area contributed by atoms with Gasteiger partial charge in [-0.25, -0.2) is 4.79 Å². The minimum Gasteiger partial charge on any atom is -0.506 e. The second-order valence-corrected chi connectivity index (χ2v) is 6.42. The molecule has 4 N–H and O–H groups in total. The fourth-order valence-electron chi connectivity index (χ4n) is 2.46. The molecule has 0 aliphatic heterocycles. The van der Waals surface area contributed by atoms with Crippen LogP contribution in [-0.4, -0.2) is 21.3 Å². The molecule has 0 fully saturated rings. The average molecular weight is 398 g/mol. The number of hydrogen-bond acceptors (Lipinski definition) is 6. The van der Waals surface area contributed by atoms with Crippen LogP contribution in [0.4, 0.5) is 22.7 Å². The predicted molar refractivity (Wildman–Crippen MR) is 107 cm³/mol. The number of rotatable bonds is 5. The lowest BCUT2D eigenvalue weighted by atomic mass is 10.1. The van der Waals surface area contributed by atoms with Gasteiger partial charge in [-0.15, -0.1) is 5.11 Å². The third kappa shape index (κ3) is 4.21. The Labute approximate surface area is 165 Å². The number of anilines is 2. The van der Waals surface area contributed by atoms with E-state index in [-0.39, 0.29) is 11.4 Å². The van der Waals surface area contributed by atoms with E-state index in [4.69, 9.17) is 11.6 Å². The van der Waals surface area contributed by atoms with Crippen molar-refractivity contribution < 1.29 is 20.1 Å². The molecule has 0 aliphatic rings. The van der Waals surface area contributed by atoms with Crippen LogP contribution in [0.15, 0.2) is 64.8 Å². The van der Waals surface area contributed by atoms with Crippen LogP contribution in [-0.2, 0) is 0 Å². The number of hydrogen-bond donors (Lipinski definition) is 4. The van der Waals surface area contributed by atoms with E-state index < -0.39 is 23.0 Å². The monoisotopic (exact) mass is 397 g/mol. The summed E-state index contributed by atoms with van der Waals surface area (Å²) in [6.45, 7) is 1.93. The van der Waals surface area contributed by atoms with Crippen molar-refractivity contribution in [3.63, 3.8) is 0 Å². The van der Waals surface area contributed by atoms with Gasteiger partial charge in [0.15, 0.2) is 5.75 Å². The van der Waals surface area contributed by atoms with E-state index in [1.165, 1.54) is 6.07 Å². The molecule has 0 aliphatic carbocycles. The number of azo groups is 1. The molecular weight excluding hydrogens is 382 g/mol. The summed E-state index contributed by atoms with van der Waals surface area (Å²) in [5, 5.41) is 41.4. The highest BCUT2D eigenvalue weighted by Crippen LogP contribution is 2.43. The summed E-state index contributed by atoms with van der Waals surface area (Å²) in [5.74, 6) is -2.45. The van der Waals surface area contributed by atoms with E-state index in [1.807, 2.05) is 19.1 Å². The number of aromatic hydroxyl groups is 2. The third-order valence-corrected chi connectivity index (χ3v) is 4.14. The molecule has 3 aromatic carbocycles. The van der Waals surface area contributed by atoms with Gasteiger partial charge in [0.25, 0.3) is 0 Å². The van der Waals surface area contributed by atoms with E-state index >= 15 is 0 Å². The number of carboxylic acids is 1. The summed E-state index contributed by atoms with van der Waals surface area (Å²) in [6, 6.07) is 14.8. The van der Waals surface area contributed by atoms with E-state index in [2.05, 4.69) is 15.5 Å². The van der Waals surface area contributed by atoms with E-state index in [9.17, 15) is 20.1 Å². The minimum atomic E-state index is -1.45. The number of aryl methyl sites for hydroxylation is 1. The molecule has 8 heteroatoms. The Morgan fingerprint density at radius 1 is 1.00 bits per heavy atom. The number of halogens is 1. The summed E-state index contributed by atoms with van der Waals surface area (Å²) in [4.78, 5) is 11.7. The Hall–Kier alpha value is -3.58. The highest BCUT2D eigenvalue weighted by Gasteiger charge is 2.23. The number of carbonyl (C=O) groups is 1. The molecule has 0 saturated heterocycles. The molecule has 0 aromatic heterocycles. The Morgan fingerprint density at radius 3 is 2.25 bits per heavy atom. The van der Waals surface area contributed by atoms with Crippen molar-refractivity contribution in [3.8, 4) is 11.5 Å². The maximum absolute atomic E-state index is 11.7. The molecular formula is C20H16ClN3O4. The standard InChI is InChI=1S/C20H16ClN3O4/c1-11-2-6-13(7-3-11)22-15-10-16(25)18(17(19(15)26)20(27)28)24-23-14-8-4-12(21)5-9-14/h2-10,22,25-26H,1H3,(H,27,28). The van der Waals surface area contributed by atoms with Gasteiger partial charge < -0.3 is 20.6 Å². The molecule has 0 bridgehead atoms. The largest absolute Gasteiger partial charge is 0.506 e. The van der Waals surface area contributed by atoms with Gasteiger partial charge in [0.05, 0.1) is 11.4 Å². The van der Waals surface area contributed by atoms with Crippen molar-refractivity contribution in [2.24, 2.45) is 10.2 Å². The zero-order valence-corrected chi connectivity index (χ0v) is 15.5. The van der Waals surface area contributed by atoms with Crippen molar-refractivity contribution in [3.05, 3.63) is 70.7 Å². The van der Waals surface area contributed by atoms with Crippen LogP contribution in [0.2, 0.25) is 5.02 Å². The van der Waals surface area contributed by atoms with Crippen LogP contribution in [0, 0.1) is 6.92 Å². The first-order chi connectivity index (χ1) is 13.3. The van der Waals surface area contributed by atoms with Crippen LogP contribution in [0.5, 0.6) is 11.5 Å². The second kappa shape index (κ2) is 7.98. The van der Waals surface area contributed by atoms with E-state index in [0.29, 0.717) is 16.4 Å². The van der Waals surface area contributed by atoms with Crippen LogP contribution in [0.25, 0.3) is 0 Å². The van der Waals surface area contributed by atoms with Crippen LogP contribution in [0.1, 0.15) is 15.9 Å². The lowest BCUT2D eigenvalue weighted by Crippen LogP contribution is -2.01. The molecule has 142 valence electrons. The molecule has 3 aromatic rings. The van der Waals surface area contributed by atoms with Gasteiger partial charge in [-0.2, -0.15) is 5.11 Å². The van der Waals surface area contributed by atoms with Gasteiger partial charge in [0, 0.05) is 16.8 Å². The molecule has 0 saturated carbocycles. The van der Waals surface area contributed by atoms with E-state index in [1.54, 1.807) is 36.4 Å². The molecule has 0 unspecified atom stereocenters. The van der Waals surface area contributed by atoms with Crippen molar-refractivity contribution in [2.45, 2.75) is 6.92 Å². The highest BCUT2D eigenvalue weighted by atomic mass is 35.5. The van der Waals surface area contributed by atoms with Crippen LogP contribution < -0.4 is 5.32 Å². The summed E-state index contributed by atoms with van der Waals surface area (Å²) in [7, 11) is 0. The molecule has 0 amide bonds. The first-order valence-electron chi connectivity index (χ1n) is 8.18.